The van der Waals surface area contributed by atoms with E-state index in [1.54, 1.807) is 0 Å². The van der Waals surface area contributed by atoms with E-state index in [0.29, 0.717) is 5.11 Å². The molecular formula is C18H21BrN2S. The minimum absolute atomic E-state index is 0.217. The monoisotopic (exact) mass is 376 g/mol. The molecule has 0 fully saturated rings. The standard InChI is InChI=1S/C18H21BrN2S/c1-4-17(14-6-5-12(2)13(3)11-14)21-18(22)20-16-9-7-15(19)8-10-16/h5-11,17H,4H2,1-3H3,(H2,20,21,22)/t17-/m0/s1. The SMILES string of the molecule is CC[C@H](NC(=S)Nc1ccc(Br)cc1)c1ccc(C)c(C)c1. The zero-order valence-electron chi connectivity index (χ0n) is 13.1. The number of nitrogens with one attached hydrogen (secondary N) is 2. The average Bonchev–Trinajstić information content (AvgIpc) is 2.50. The van der Waals surface area contributed by atoms with Crippen molar-refractivity contribution in [2.75, 3.05) is 5.32 Å². The molecule has 0 heterocycles. The molecule has 0 unspecified atom stereocenters. The molecule has 0 amide bonds. The molecule has 22 heavy (non-hydrogen) atoms. The van der Waals surface area contributed by atoms with E-state index in [2.05, 4.69) is 65.5 Å². The van der Waals surface area contributed by atoms with E-state index in [1.807, 2.05) is 24.3 Å². The van der Waals surface area contributed by atoms with Gasteiger partial charge in [-0.15, -0.1) is 0 Å². The van der Waals surface area contributed by atoms with Gasteiger partial charge in [0.2, 0.25) is 0 Å². The highest BCUT2D eigenvalue weighted by Crippen LogP contribution is 2.20. The third-order valence-electron chi connectivity index (χ3n) is 3.75. The van der Waals surface area contributed by atoms with E-state index in [9.17, 15) is 0 Å². The summed E-state index contributed by atoms with van der Waals surface area (Å²) < 4.78 is 1.05. The van der Waals surface area contributed by atoms with Gasteiger partial charge >= 0.3 is 0 Å². The molecule has 116 valence electrons. The Kier molecular flexibility index (Phi) is 5.98. The first-order valence-electron chi connectivity index (χ1n) is 7.40. The van der Waals surface area contributed by atoms with E-state index in [1.165, 1.54) is 16.7 Å². The molecule has 0 saturated carbocycles. The van der Waals surface area contributed by atoms with Crippen molar-refractivity contribution in [2.45, 2.75) is 33.2 Å². The smallest absolute Gasteiger partial charge is 0.171 e. The van der Waals surface area contributed by atoms with Crippen LogP contribution < -0.4 is 10.6 Å². The van der Waals surface area contributed by atoms with E-state index in [-0.39, 0.29) is 6.04 Å². The van der Waals surface area contributed by atoms with Gasteiger partial charge in [-0.25, -0.2) is 0 Å². The van der Waals surface area contributed by atoms with Gasteiger partial charge in [-0.3, -0.25) is 0 Å². The zero-order chi connectivity index (χ0) is 16.1. The largest absolute Gasteiger partial charge is 0.356 e. The summed E-state index contributed by atoms with van der Waals surface area (Å²) in [7, 11) is 0. The fourth-order valence-corrected chi connectivity index (χ4v) is 2.79. The number of aryl methyl sites for hydroxylation is 2. The Balaban J connectivity index is 2.04. The van der Waals surface area contributed by atoms with Gasteiger partial charge < -0.3 is 10.6 Å². The van der Waals surface area contributed by atoms with Crippen LogP contribution >= 0.6 is 28.1 Å². The van der Waals surface area contributed by atoms with E-state index in [0.717, 1.165) is 16.6 Å². The maximum absolute atomic E-state index is 5.44. The molecule has 0 radical (unpaired) electrons. The molecule has 0 aliphatic rings. The van der Waals surface area contributed by atoms with Gasteiger partial charge in [0, 0.05) is 10.2 Å². The van der Waals surface area contributed by atoms with Crippen LogP contribution in [0.2, 0.25) is 0 Å². The maximum atomic E-state index is 5.44. The van der Waals surface area contributed by atoms with Crippen molar-refractivity contribution in [3.63, 3.8) is 0 Å². The second kappa shape index (κ2) is 7.75. The Hall–Kier alpha value is -1.39. The second-order valence-corrected chi connectivity index (χ2v) is 6.73. The van der Waals surface area contributed by atoms with E-state index >= 15 is 0 Å². The Morgan fingerprint density at radius 1 is 1.09 bits per heavy atom. The molecule has 0 aliphatic heterocycles. The Morgan fingerprint density at radius 2 is 1.77 bits per heavy atom. The van der Waals surface area contributed by atoms with Crippen molar-refractivity contribution in [2.24, 2.45) is 0 Å². The van der Waals surface area contributed by atoms with Gasteiger partial charge in [-0.05, 0) is 73.4 Å². The van der Waals surface area contributed by atoms with E-state index in [4.69, 9.17) is 12.2 Å². The summed E-state index contributed by atoms with van der Waals surface area (Å²) in [6.45, 7) is 6.44. The summed E-state index contributed by atoms with van der Waals surface area (Å²) in [6.07, 6.45) is 0.977. The molecule has 0 saturated heterocycles. The van der Waals surface area contributed by atoms with Crippen LogP contribution in [-0.4, -0.2) is 5.11 Å². The molecule has 0 aliphatic carbocycles. The van der Waals surface area contributed by atoms with Crippen LogP contribution in [0.25, 0.3) is 0 Å². The third-order valence-corrected chi connectivity index (χ3v) is 4.50. The molecular weight excluding hydrogens is 356 g/mol. The van der Waals surface area contributed by atoms with Crippen LogP contribution in [0, 0.1) is 13.8 Å². The van der Waals surface area contributed by atoms with Crippen molar-refractivity contribution in [3.8, 4) is 0 Å². The molecule has 2 aromatic rings. The first kappa shape index (κ1) is 17.0. The lowest BCUT2D eigenvalue weighted by Gasteiger charge is -2.21. The predicted molar refractivity (Wildman–Crippen MR) is 102 cm³/mol. The fourth-order valence-electron chi connectivity index (χ4n) is 2.26. The zero-order valence-corrected chi connectivity index (χ0v) is 15.5. The van der Waals surface area contributed by atoms with Gasteiger partial charge in [0.25, 0.3) is 0 Å². The van der Waals surface area contributed by atoms with Crippen molar-refractivity contribution in [3.05, 3.63) is 63.6 Å². The summed E-state index contributed by atoms with van der Waals surface area (Å²) in [5.74, 6) is 0. The lowest BCUT2D eigenvalue weighted by Crippen LogP contribution is -2.32. The van der Waals surface area contributed by atoms with Crippen LogP contribution in [-0.2, 0) is 0 Å². The van der Waals surface area contributed by atoms with Crippen molar-refractivity contribution in [1.29, 1.82) is 0 Å². The molecule has 2 N–H and O–H groups in total. The summed E-state index contributed by atoms with van der Waals surface area (Å²) in [5.41, 5.74) is 4.87. The number of rotatable bonds is 4. The maximum Gasteiger partial charge on any atom is 0.171 e. The quantitative estimate of drug-likeness (QED) is 0.688. The van der Waals surface area contributed by atoms with Crippen molar-refractivity contribution >= 4 is 38.9 Å². The number of thiocarbonyl (C=S) groups is 1. The van der Waals surface area contributed by atoms with E-state index < -0.39 is 0 Å². The second-order valence-electron chi connectivity index (χ2n) is 5.41. The summed E-state index contributed by atoms with van der Waals surface area (Å²) in [6, 6.07) is 14.8. The molecule has 2 rings (SSSR count). The summed E-state index contributed by atoms with van der Waals surface area (Å²) in [5, 5.41) is 7.28. The third kappa shape index (κ3) is 4.55. The Labute approximate surface area is 146 Å². The normalized spacial score (nSPS) is 11.8. The minimum Gasteiger partial charge on any atom is -0.356 e. The van der Waals surface area contributed by atoms with Crippen LogP contribution in [0.4, 0.5) is 5.69 Å². The highest BCUT2D eigenvalue weighted by Gasteiger charge is 2.11. The molecule has 0 spiro atoms. The topological polar surface area (TPSA) is 24.1 Å². The molecule has 0 aromatic heterocycles. The number of halogens is 1. The van der Waals surface area contributed by atoms with Crippen molar-refractivity contribution < 1.29 is 0 Å². The van der Waals surface area contributed by atoms with Gasteiger partial charge in [-0.1, -0.05) is 41.1 Å². The highest BCUT2D eigenvalue weighted by atomic mass is 79.9. The van der Waals surface area contributed by atoms with Crippen LogP contribution in [0.15, 0.2) is 46.9 Å². The number of anilines is 1. The Bertz CT molecular complexity index is 653. The number of hydrogen-bond donors (Lipinski definition) is 2. The molecule has 0 bridgehead atoms. The van der Waals surface area contributed by atoms with Crippen LogP contribution in [0.1, 0.15) is 36.1 Å². The lowest BCUT2D eigenvalue weighted by atomic mass is 9.99. The molecule has 4 heteroatoms. The minimum atomic E-state index is 0.217. The summed E-state index contributed by atoms with van der Waals surface area (Å²) in [4.78, 5) is 0. The molecule has 2 nitrogen and oxygen atoms in total. The van der Waals surface area contributed by atoms with Crippen LogP contribution in [0.5, 0.6) is 0 Å². The van der Waals surface area contributed by atoms with Gasteiger partial charge in [0.05, 0.1) is 6.04 Å². The molecule has 2 aromatic carbocycles. The van der Waals surface area contributed by atoms with Gasteiger partial charge in [-0.2, -0.15) is 0 Å². The average molecular weight is 377 g/mol. The fraction of sp³-hybridized carbons (Fsp3) is 0.278. The highest BCUT2D eigenvalue weighted by molar-refractivity contribution is 9.10. The Morgan fingerprint density at radius 3 is 2.36 bits per heavy atom. The van der Waals surface area contributed by atoms with Crippen LogP contribution in [0.3, 0.4) is 0 Å². The predicted octanol–water partition coefficient (Wildman–Crippen LogP) is 5.50. The summed E-state index contributed by atoms with van der Waals surface area (Å²) >= 11 is 8.87. The van der Waals surface area contributed by atoms with Gasteiger partial charge in [0.15, 0.2) is 5.11 Å². The van der Waals surface area contributed by atoms with Crippen molar-refractivity contribution in [1.82, 2.24) is 5.32 Å². The first-order chi connectivity index (χ1) is 10.5. The number of benzene rings is 2. The lowest BCUT2D eigenvalue weighted by molar-refractivity contribution is 0.628. The first-order valence-corrected chi connectivity index (χ1v) is 8.60. The molecule has 1 atom stereocenters. The van der Waals surface area contributed by atoms with Gasteiger partial charge in [0.1, 0.15) is 0 Å². The number of hydrogen-bond acceptors (Lipinski definition) is 1.